The minimum atomic E-state index is -0.140. The molecule has 0 aliphatic carbocycles. The number of benzene rings is 3. The maximum absolute atomic E-state index is 11.8. The summed E-state index contributed by atoms with van der Waals surface area (Å²) in [6, 6.07) is 23.0. The first-order valence-corrected chi connectivity index (χ1v) is 12.2. The zero-order valence-electron chi connectivity index (χ0n) is 19.5. The van der Waals surface area contributed by atoms with Gasteiger partial charge in [-0.25, -0.2) is 4.98 Å². The minimum absolute atomic E-state index is 0.140. The Bertz CT molecular complexity index is 1540. The van der Waals surface area contributed by atoms with E-state index in [9.17, 15) is 4.79 Å². The fraction of sp³-hybridized carbons (Fsp3) is 0.107. The molecule has 3 radical (unpaired) electrons. The number of ether oxygens (including phenoxy) is 1. The van der Waals surface area contributed by atoms with Gasteiger partial charge in [-0.05, 0) is 71.3 Å². The van der Waals surface area contributed by atoms with Crippen LogP contribution in [0.5, 0.6) is 5.75 Å². The van der Waals surface area contributed by atoms with Crippen LogP contribution in [0.15, 0.2) is 85.2 Å². The molecule has 1 amide bonds. The Balaban J connectivity index is 1.52. The van der Waals surface area contributed by atoms with Crippen LogP contribution < -0.4 is 15.2 Å². The molecule has 0 saturated heterocycles. The number of aromatic nitrogens is 3. The van der Waals surface area contributed by atoms with Crippen LogP contribution in [0, 0.1) is 0 Å². The molecule has 0 atom stereocenters. The van der Waals surface area contributed by atoms with Gasteiger partial charge in [0, 0.05) is 30.0 Å². The number of imidazole rings is 1. The Morgan fingerprint density at radius 3 is 2.53 bits per heavy atom. The molecule has 8 heteroatoms. The second kappa shape index (κ2) is 10.4. The summed E-state index contributed by atoms with van der Waals surface area (Å²) in [4.78, 5) is 20.8. The summed E-state index contributed by atoms with van der Waals surface area (Å²) in [6.45, 7) is 0.783. The Labute approximate surface area is 217 Å². The van der Waals surface area contributed by atoms with Gasteiger partial charge in [0.1, 0.15) is 18.2 Å². The van der Waals surface area contributed by atoms with E-state index in [1.807, 2.05) is 36.4 Å². The van der Waals surface area contributed by atoms with Crippen molar-refractivity contribution in [3.05, 3.63) is 107 Å². The lowest BCUT2D eigenvalue weighted by Crippen LogP contribution is -2.17. The van der Waals surface area contributed by atoms with Crippen LogP contribution in [0.4, 0.5) is 0 Å². The number of nitrogens with zero attached hydrogens (tertiary/aromatic N) is 3. The van der Waals surface area contributed by atoms with Gasteiger partial charge >= 0.3 is 0 Å². The van der Waals surface area contributed by atoms with Gasteiger partial charge in [-0.1, -0.05) is 35.0 Å². The topological polar surface area (TPSA) is 69.0 Å². The van der Waals surface area contributed by atoms with Crippen molar-refractivity contribution in [3.63, 3.8) is 0 Å². The summed E-state index contributed by atoms with van der Waals surface area (Å²) in [5.74, 6) is 1.28. The molecule has 0 aliphatic rings. The van der Waals surface area contributed by atoms with Crippen LogP contribution in [-0.2, 0) is 13.2 Å². The largest absolute Gasteiger partial charge is 0.486 e. The first-order chi connectivity index (χ1) is 17.5. The van der Waals surface area contributed by atoms with Gasteiger partial charge in [-0.3, -0.25) is 9.78 Å². The first kappa shape index (κ1) is 23.8. The van der Waals surface area contributed by atoms with Crippen LogP contribution >= 0.6 is 11.6 Å². The third-order valence-corrected chi connectivity index (χ3v) is 6.61. The van der Waals surface area contributed by atoms with Crippen LogP contribution in [0.2, 0.25) is 5.02 Å². The number of carbonyl (C=O) groups is 1. The van der Waals surface area contributed by atoms with Crippen LogP contribution in [0.1, 0.15) is 21.7 Å². The van der Waals surface area contributed by atoms with Crippen molar-refractivity contribution in [3.8, 4) is 16.9 Å². The van der Waals surface area contributed by atoms with Gasteiger partial charge < -0.3 is 14.6 Å². The fourth-order valence-electron chi connectivity index (χ4n) is 4.04. The number of fused-ring (bicyclic) bond motifs is 1. The fourth-order valence-corrected chi connectivity index (χ4v) is 4.48. The number of carbonyl (C=O) groups excluding carboxylic acids is 1. The predicted octanol–water partition coefficient (Wildman–Crippen LogP) is 4.53. The molecule has 2 heterocycles. The second-order valence-corrected chi connectivity index (χ2v) is 9.24. The average molecular weight is 510 g/mol. The molecule has 36 heavy (non-hydrogen) atoms. The molecule has 0 spiro atoms. The number of rotatable bonds is 7. The number of amides is 1. The zero-order valence-corrected chi connectivity index (χ0v) is 21.3. The molecular formula is C28H22ClN4O2Si. The Kier molecular flexibility index (Phi) is 6.84. The highest BCUT2D eigenvalue weighted by molar-refractivity contribution is 6.34. The van der Waals surface area contributed by atoms with E-state index in [4.69, 9.17) is 21.3 Å². The Morgan fingerprint density at radius 2 is 1.78 bits per heavy atom. The maximum atomic E-state index is 11.8. The monoisotopic (exact) mass is 509 g/mol. The molecule has 0 bridgehead atoms. The normalized spacial score (nSPS) is 11.0. The van der Waals surface area contributed by atoms with E-state index in [1.165, 1.54) is 0 Å². The van der Waals surface area contributed by atoms with E-state index in [0.717, 1.165) is 38.7 Å². The summed E-state index contributed by atoms with van der Waals surface area (Å²) >= 11 is 6.54. The van der Waals surface area contributed by atoms with E-state index >= 15 is 0 Å². The third kappa shape index (κ3) is 5.03. The standard InChI is InChI=1S/C28H22ClN4O2Si/c1-30-28(34)19-2-5-22(6-3-19)35-17-27-32-25-9-4-20(18-10-12-31-13-11-18)15-26(25)33(27)16-21-14-23(36)7-8-24(21)29/h2-15H,16-17H2,1H3,(H,30,34). The van der Waals surface area contributed by atoms with Crippen molar-refractivity contribution >= 4 is 44.0 Å². The lowest BCUT2D eigenvalue weighted by molar-refractivity contribution is 0.0963. The smallest absolute Gasteiger partial charge is 0.251 e. The molecule has 0 saturated carbocycles. The summed E-state index contributed by atoms with van der Waals surface area (Å²) in [5, 5.41) is 4.25. The molecule has 2 aromatic heterocycles. The highest BCUT2D eigenvalue weighted by Gasteiger charge is 2.15. The van der Waals surface area contributed by atoms with E-state index in [2.05, 4.69) is 37.2 Å². The quantitative estimate of drug-likeness (QED) is 0.327. The van der Waals surface area contributed by atoms with Crippen LogP contribution in [0.25, 0.3) is 22.2 Å². The number of nitrogens with one attached hydrogen (secondary N) is 1. The summed E-state index contributed by atoms with van der Waals surface area (Å²) < 4.78 is 8.20. The second-order valence-electron chi connectivity index (χ2n) is 8.25. The van der Waals surface area contributed by atoms with Gasteiger partial charge in [0.15, 0.2) is 0 Å². The maximum Gasteiger partial charge on any atom is 0.251 e. The number of hydrogen-bond acceptors (Lipinski definition) is 4. The first-order valence-electron chi connectivity index (χ1n) is 11.4. The molecule has 177 valence electrons. The lowest BCUT2D eigenvalue weighted by Gasteiger charge is -2.13. The summed E-state index contributed by atoms with van der Waals surface area (Å²) in [6.07, 6.45) is 3.57. The van der Waals surface area contributed by atoms with Gasteiger partial charge in [0.05, 0.1) is 27.8 Å². The number of hydrogen-bond donors (Lipinski definition) is 1. The van der Waals surface area contributed by atoms with Crippen molar-refractivity contribution in [2.75, 3.05) is 7.05 Å². The van der Waals surface area contributed by atoms with E-state index in [-0.39, 0.29) is 12.5 Å². The highest BCUT2D eigenvalue weighted by atomic mass is 35.5. The predicted molar refractivity (Wildman–Crippen MR) is 143 cm³/mol. The Hall–Kier alpha value is -3.94. The minimum Gasteiger partial charge on any atom is -0.486 e. The molecule has 5 rings (SSSR count). The van der Waals surface area contributed by atoms with Gasteiger partial charge in [0.2, 0.25) is 0 Å². The van der Waals surface area contributed by atoms with Crippen molar-refractivity contribution in [1.82, 2.24) is 19.9 Å². The average Bonchev–Trinajstić information content (AvgIpc) is 3.26. The van der Waals surface area contributed by atoms with Gasteiger partial charge in [-0.2, -0.15) is 0 Å². The molecule has 0 fully saturated rings. The molecule has 1 N–H and O–H groups in total. The molecule has 3 aromatic carbocycles. The zero-order chi connectivity index (χ0) is 25.1. The lowest BCUT2D eigenvalue weighted by atomic mass is 10.1. The SMILES string of the molecule is CNC(=O)c1ccc(OCc2nc3ccc(-c4ccncc4)cc3n2Cc2cc([Si])ccc2Cl)cc1. The van der Waals surface area contributed by atoms with Gasteiger partial charge in [-0.15, -0.1) is 0 Å². The molecule has 0 unspecified atom stereocenters. The summed E-state index contributed by atoms with van der Waals surface area (Å²) in [5.41, 5.74) is 5.54. The molecular weight excluding hydrogens is 488 g/mol. The molecule has 5 aromatic rings. The van der Waals surface area contributed by atoms with Crippen molar-refractivity contribution in [1.29, 1.82) is 0 Å². The van der Waals surface area contributed by atoms with E-state index in [1.54, 1.807) is 43.7 Å². The molecule has 6 nitrogen and oxygen atoms in total. The summed E-state index contributed by atoms with van der Waals surface area (Å²) in [7, 11) is 5.21. The van der Waals surface area contributed by atoms with E-state index < -0.39 is 0 Å². The van der Waals surface area contributed by atoms with Crippen molar-refractivity contribution < 1.29 is 9.53 Å². The van der Waals surface area contributed by atoms with Crippen molar-refractivity contribution in [2.45, 2.75) is 13.2 Å². The molecule has 0 aliphatic heterocycles. The van der Waals surface area contributed by atoms with Crippen molar-refractivity contribution in [2.24, 2.45) is 0 Å². The third-order valence-electron chi connectivity index (χ3n) is 5.93. The number of pyridine rings is 1. The Morgan fingerprint density at radius 1 is 1.00 bits per heavy atom. The number of halogens is 1. The van der Waals surface area contributed by atoms with Gasteiger partial charge in [0.25, 0.3) is 5.91 Å². The van der Waals surface area contributed by atoms with Crippen LogP contribution in [-0.4, -0.2) is 37.7 Å². The van der Waals surface area contributed by atoms with Crippen LogP contribution in [0.3, 0.4) is 0 Å². The highest BCUT2D eigenvalue weighted by Crippen LogP contribution is 2.27. The van der Waals surface area contributed by atoms with E-state index in [0.29, 0.717) is 22.9 Å².